The lowest BCUT2D eigenvalue weighted by molar-refractivity contribution is 0.413. The lowest BCUT2D eigenvalue weighted by atomic mass is 10.1. The quantitative estimate of drug-likeness (QED) is 0.750. The molecule has 1 aromatic carbocycles. The lowest BCUT2D eigenvalue weighted by Gasteiger charge is -2.04. The summed E-state index contributed by atoms with van der Waals surface area (Å²) in [6.07, 6.45) is 4.82. The van der Waals surface area contributed by atoms with Crippen molar-refractivity contribution in [3.8, 4) is 17.1 Å². The summed E-state index contributed by atoms with van der Waals surface area (Å²) in [5, 5.41) is 3.37. The minimum absolute atomic E-state index is 0.763. The normalized spacial score (nSPS) is 10.7. The topological polar surface area (TPSA) is 47.3 Å². The second kappa shape index (κ2) is 7.70. The fourth-order valence-electron chi connectivity index (χ4n) is 2.06. The highest BCUT2D eigenvalue weighted by molar-refractivity contribution is 5.64. The Morgan fingerprint density at radius 1 is 1.25 bits per heavy atom. The van der Waals surface area contributed by atoms with Crippen LogP contribution in [0.2, 0.25) is 0 Å². The highest BCUT2D eigenvalue weighted by Crippen LogP contribution is 2.29. The van der Waals surface area contributed by atoms with E-state index < -0.39 is 0 Å². The van der Waals surface area contributed by atoms with Gasteiger partial charge in [-0.3, -0.25) is 0 Å². The van der Waals surface area contributed by atoms with Gasteiger partial charge in [0.25, 0.3) is 0 Å². The van der Waals surface area contributed by atoms with E-state index in [-0.39, 0.29) is 0 Å². The van der Waals surface area contributed by atoms with Crippen LogP contribution in [0.1, 0.15) is 25.7 Å². The van der Waals surface area contributed by atoms with Gasteiger partial charge in [-0.05, 0) is 38.1 Å². The van der Waals surface area contributed by atoms with E-state index in [1.54, 1.807) is 13.3 Å². The average Bonchev–Trinajstić information content (AvgIpc) is 2.95. The number of aryl methyl sites for hydroxylation is 1. The second-order valence-electron chi connectivity index (χ2n) is 4.67. The fraction of sp³-hybridized carbons (Fsp3) is 0.438. The van der Waals surface area contributed by atoms with Gasteiger partial charge in [0, 0.05) is 6.42 Å². The molecule has 1 aromatic heterocycles. The Morgan fingerprint density at radius 3 is 2.90 bits per heavy atom. The summed E-state index contributed by atoms with van der Waals surface area (Å²) in [5.74, 6) is 2.35. The van der Waals surface area contributed by atoms with Crippen molar-refractivity contribution in [2.24, 2.45) is 0 Å². The zero-order chi connectivity index (χ0) is 14.2. The van der Waals surface area contributed by atoms with E-state index in [0.29, 0.717) is 0 Å². The summed E-state index contributed by atoms with van der Waals surface area (Å²) in [5.41, 5.74) is 0.942. The first-order chi connectivity index (χ1) is 9.85. The fourth-order valence-corrected chi connectivity index (χ4v) is 2.06. The Bertz CT molecular complexity index is 523. The number of hydrogen-bond donors (Lipinski definition) is 1. The molecule has 0 saturated heterocycles. The van der Waals surface area contributed by atoms with E-state index in [0.717, 1.165) is 55.3 Å². The molecule has 0 spiro atoms. The molecule has 0 bridgehead atoms. The first kappa shape index (κ1) is 14.6. The minimum Gasteiger partial charge on any atom is -0.496 e. The summed E-state index contributed by atoms with van der Waals surface area (Å²) in [6, 6.07) is 7.81. The smallest absolute Gasteiger partial charge is 0.194 e. The predicted molar refractivity (Wildman–Crippen MR) is 80.0 cm³/mol. The van der Waals surface area contributed by atoms with E-state index >= 15 is 0 Å². The van der Waals surface area contributed by atoms with Gasteiger partial charge in [0.15, 0.2) is 11.7 Å². The Balaban J connectivity index is 1.95. The Hall–Kier alpha value is -1.81. The van der Waals surface area contributed by atoms with Crippen molar-refractivity contribution in [2.75, 3.05) is 20.2 Å². The van der Waals surface area contributed by atoms with Crippen LogP contribution < -0.4 is 10.1 Å². The Labute approximate surface area is 120 Å². The molecule has 4 nitrogen and oxygen atoms in total. The number of hydrogen-bond acceptors (Lipinski definition) is 4. The third kappa shape index (κ3) is 3.84. The van der Waals surface area contributed by atoms with E-state index in [4.69, 9.17) is 9.15 Å². The van der Waals surface area contributed by atoms with Crippen molar-refractivity contribution in [3.63, 3.8) is 0 Å². The Morgan fingerprint density at radius 2 is 2.10 bits per heavy atom. The van der Waals surface area contributed by atoms with Crippen LogP contribution in [0, 0.1) is 0 Å². The van der Waals surface area contributed by atoms with Gasteiger partial charge >= 0.3 is 0 Å². The van der Waals surface area contributed by atoms with Gasteiger partial charge in [-0.25, -0.2) is 4.98 Å². The molecule has 0 saturated carbocycles. The SMILES string of the molecule is CCCNCCCc1ncc(-c2ccccc2OC)o1. The largest absolute Gasteiger partial charge is 0.496 e. The third-order valence-corrected chi connectivity index (χ3v) is 3.10. The van der Waals surface area contributed by atoms with Crippen molar-refractivity contribution >= 4 is 0 Å². The van der Waals surface area contributed by atoms with Crippen LogP contribution in [0.15, 0.2) is 34.9 Å². The molecule has 2 aromatic rings. The number of para-hydroxylation sites is 1. The number of ether oxygens (including phenoxy) is 1. The van der Waals surface area contributed by atoms with Gasteiger partial charge < -0.3 is 14.5 Å². The zero-order valence-electron chi connectivity index (χ0n) is 12.2. The summed E-state index contributed by atoms with van der Waals surface area (Å²) in [6.45, 7) is 4.23. The molecule has 108 valence electrons. The van der Waals surface area contributed by atoms with Gasteiger partial charge in [0.05, 0.1) is 18.9 Å². The molecule has 0 aliphatic heterocycles. The van der Waals surface area contributed by atoms with E-state index in [9.17, 15) is 0 Å². The van der Waals surface area contributed by atoms with Crippen molar-refractivity contribution in [2.45, 2.75) is 26.2 Å². The van der Waals surface area contributed by atoms with Crippen molar-refractivity contribution in [1.29, 1.82) is 0 Å². The Kier molecular flexibility index (Phi) is 5.62. The molecule has 1 N–H and O–H groups in total. The maximum Gasteiger partial charge on any atom is 0.194 e. The lowest BCUT2D eigenvalue weighted by Crippen LogP contribution is -2.16. The molecule has 0 fully saturated rings. The van der Waals surface area contributed by atoms with Crippen molar-refractivity contribution in [3.05, 3.63) is 36.4 Å². The van der Waals surface area contributed by atoms with Crippen LogP contribution in [0.3, 0.4) is 0 Å². The van der Waals surface area contributed by atoms with Gasteiger partial charge in [0.2, 0.25) is 0 Å². The van der Waals surface area contributed by atoms with Crippen LogP contribution >= 0.6 is 0 Å². The zero-order valence-corrected chi connectivity index (χ0v) is 12.2. The molecule has 4 heteroatoms. The van der Waals surface area contributed by atoms with Gasteiger partial charge in [0.1, 0.15) is 5.75 Å². The van der Waals surface area contributed by atoms with Crippen molar-refractivity contribution < 1.29 is 9.15 Å². The number of oxazole rings is 1. The monoisotopic (exact) mass is 274 g/mol. The molecule has 2 rings (SSSR count). The highest BCUT2D eigenvalue weighted by Gasteiger charge is 2.10. The standard InChI is InChI=1S/C16H22N2O2/c1-3-10-17-11-6-9-16-18-12-15(20-16)13-7-4-5-8-14(13)19-2/h4-5,7-8,12,17H,3,6,9-11H2,1-2H3. The molecular weight excluding hydrogens is 252 g/mol. The number of nitrogens with one attached hydrogen (secondary N) is 1. The van der Waals surface area contributed by atoms with Crippen LogP contribution in [0.5, 0.6) is 5.75 Å². The molecule has 0 unspecified atom stereocenters. The first-order valence-corrected chi connectivity index (χ1v) is 7.14. The third-order valence-electron chi connectivity index (χ3n) is 3.10. The summed E-state index contributed by atoms with van der Waals surface area (Å²) in [7, 11) is 1.66. The van der Waals surface area contributed by atoms with Crippen LogP contribution in [0.25, 0.3) is 11.3 Å². The molecule has 20 heavy (non-hydrogen) atoms. The highest BCUT2D eigenvalue weighted by atomic mass is 16.5. The van der Waals surface area contributed by atoms with Gasteiger partial charge in [-0.1, -0.05) is 19.1 Å². The molecule has 0 aliphatic rings. The van der Waals surface area contributed by atoms with E-state index in [1.807, 2.05) is 24.3 Å². The molecule has 0 radical (unpaired) electrons. The summed E-state index contributed by atoms with van der Waals surface area (Å²) in [4.78, 5) is 4.34. The minimum atomic E-state index is 0.763. The average molecular weight is 274 g/mol. The second-order valence-corrected chi connectivity index (χ2v) is 4.67. The van der Waals surface area contributed by atoms with Gasteiger partial charge in [-0.2, -0.15) is 0 Å². The predicted octanol–water partition coefficient (Wildman–Crippen LogP) is 3.28. The van der Waals surface area contributed by atoms with Gasteiger partial charge in [-0.15, -0.1) is 0 Å². The molecule has 0 aliphatic carbocycles. The van der Waals surface area contributed by atoms with E-state index in [1.165, 1.54) is 0 Å². The first-order valence-electron chi connectivity index (χ1n) is 7.14. The molecule has 0 atom stereocenters. The number of benzene rings is 1. The van der Waals surface area contributed by atoms with E-state index in [2.05, 4.69) is 17.2 Å². The molecule has 0 amide bonds. The molecular formula is C16H22N2O2. The van der Waals surface area contributed by atoms with Crippen LogP contribution in [-0.2, 0) is 6.42 Å². The number of nitrogens with zero attached hydrogens (tertiary/aromatic N) is 1. The van der Waals surface area contributed by atoms with Crippen molar-refractivity contribution in [1.82, 2.24) is 10.3 Å². The number of methoxy groups -OCH3 is 1. The number of rotatable bonds is 8. The maximum atomic E-state index is 5.80. The maximum absolute atomic E-state index is 5.80. The van der Waals surface area contributed by atoms with Crippen LogP contribution in [0.4, 0.5) is 0 Å². The summed E-state index contributed by atoms with van der Waals surface area (Å²) < 4.78 is 11.1. The molecule has 1 heterocycles. The number of aromatic nitrogens is 1. The van der Waals surface area contributed by atoms with Crippen LogP contribution in [-0.4, -0.2) is 25.2 Å². The summed E-state index contributed by atoms with van der Waals surface area (Å²) >= 11 is 0.